The summed E-state index contributed by atoms with van der Waals surface area (Å²) >= 11 is 1.55. The van der Waals surface area contributed by atoms with E-state index in [4.69, 9.17) is 15.6 Å². The van der Waals surface area contributed by atoms with Crippen molar-refractivity contribution in [1.82, 2.24) is 10.4 Å². The fourth-order valence-electron chi connectivity index (χ4n) is 3.04. The minimum atomic E-state index is -0.673. The van der Waals surface area contributed by atoms with Gasteiger partial charge < -0.3 is 4.74 Å². The number of rotatable bonds is 4. The Kier molecular flexibility index (Phi) is 4.81. The summed E-state index contributed by atoms with van der Waals surface area (Å²) in [7, 11) is 0. The van der Waals surface area contributed by atoms with Gasteiger partial charge in [-0.15, -0.1) is 11.3 Å². The van der Waals surface area contributed by atoms with Crippen LogP contribution in [0, 0.1) is 0 Å². The van der Waals surface area contributed by atoms with Crippen molar-refractivity contribution in [3.63, 3.8) is 0 Å². The van der Waals surface area contributed by atoms with Crippen molar-refractivity contribution in [3.05, 3.63) is 53.9 Å². The first-order valence-electron chi connectivity index (χ1n) is 8.69. The van der Waals surface area contributed by atoms with Gasteiger partial charge in [-0.3, -0.25) is 19.9 Å². The molecule has 4 rings (SSSR count). The van der Waals surface area contributed by atoms with Gasteiger partial charge in [-0.05, 0) is 25.1 Å². The zero-order chi connectivity index (χ0) is 19.7. The lowest BCUT2D eigenvalue weighted by Crippen LogP contribution is -2.49. The highest BCUT2D eigenvalue weighted by Gasteiger charge is 2.33. The number of hydrogen-bond donors (Lipinski definition) is 2. The molecule has 142 valence electrons. The van der Waals surface area contributed by atoms with Gasteiger partial charge in [-0.1, -0.05) is 30.3 Å². The molecular formula is C20H18N4O3S. The standard InChI is InChI=1S/C20H18N4O3S/c1-12-20(26)24(10-18(25)23-21)16-9-14(7-8-17(16)27-12)15-11-28-19(22-15)13-5-3-2-4-6-13/h2-9,11-12H,10,21H2,1H3,(H,23,25). The Morgan fingerprint density at radius 3 is 2.79 bits per heavy atom. The van der Waals surface area contributed by atoms with E-state index >= 15 is 0 Å². The number of nitrogens with one attached hydrogen (secondary N) is 1. The molecule has 0 saturated carbocycles. The molecule has 7 nitrogen and oxygen atoms in total. The van der Waals surface area contributed by atoms with Crippen LogP contribution in [0.15, 0.2) is 53.9 Å². The van der Waals surface area contributed by atoms with E-state index in [1.165, 1.54) is 4.90 Å². The van der Waals surface area contributed by atoms with Crippen LogP contribution in [0.4, 0.5) is 5.69 Å². The average Bonchev–Trinajstić information content (AvgIpc) is 3.22. The predicted octanol–water partition coefficient (Wildman–Crippen LogP) is 2.58. The first kappa shape index (κ1) is 18.1. The molecule has 0 saturated heterocycles. The summed E-state index contributed by atoms with van der Waals surface area (Å²) < 4.78 is 5.68. The molecule has 1 aliphatic heterocycles. The summed E-state index contributed by atoms with van der Waals surface area (Å²) in [4.78, 5) is 30.4. The number of hydrazine groups is 1. The number of hydrogen-bond acceptors (Lipinski definition) is 6. The number of nitrogens with two attached hydrogens (primary N) is 1. The number of carbonyl (C=O) groups excluding carboxylic acids is 2. The highest BCUT2D eigenvalue weighted by atomic mass is 32.1. The second-order valence-corrected chi connectivity index (χ2v) is 7.20. The molecule has 8 heteroatoms. The minimum absolute atomic E-state index is 0.175. The number of benzene rings is 2. The van der Waals surface area contributed by atoms with Crippen molar-refractivity contribution in [2.75, 3.05) is 11.4 Å². The maximum atomic E-state index is 12.5. The maximum Gasteiger partial charge on any atom is 0.268 e. The number of anilines is 1. The smallest absolute Gasteiger partial charge is 0.268 e. The van der Waals surface area contributed by atoms with E-state index in [1.807, 2.05) is 47.8 Å². The maximum absolute atomic E-state index is 12.5. The van der Waals surface area contributed by atoms with Crippen molar-refractivity contribution in [1.29, 1.82) is 0 Å². The molecule has 1 aliphatic rings. The second kappa shape index (κ2) is 7.41. The first-order valence-corrected chi connectivity index (χ1v) is 9.57. The second-order valence-electron chi connectivity index (χ2n) is 6.34. The number of nitrogens with zero attached hydrogens (tertiary/aromatic N) is 2. The van der Waals surface area contributed by atoms with Crippen LogP contribution in [-0.4, -0.2) is 29.4 Å². The summed E-state index contributed by atoms with van der Waals surface area (Å²) in [6, 6.07) is 15.4. The molecule has 3 N–H and O–H groups in total. The zero-order valence-corrected chi connectivity index (χ0v) is 15.9. The molecule has 28 heavy (non-hydrogen) atoms. The van der Waals surface area contributed by atoms with E-state index in [0.717, 1.165) is 21.8 Å². The van der Waals surface area contributed by atoms with E-state index in [-0.39, 0.29) is 12.5 Å². The molecule has 0 fully saturated rings. The Bertz CT molecular complexity index is 1030. The Balaban J connectivity index is 1.71. The fourth-order valence-corrected chi connectivity index (χ4v) is 3.87. The number of aromatic nitrogens is 1. The Hall–Kier alpha value is -3.23. The topological polar surface area (TPSA) is 97.6 Å². The van der Waals surface area contributed by atoms with Crippen molar-refractivity contribution >= 4 is 28.8 Å². The molecule has 0 aliphatic carbocycles. The van der Waals surface area contributed by atoms with Gasteiger partial charge in [-0.25, -0.2) is 10.8 Å². The van der Waals surface area contributed by atoms with Gasteiger partial charge in [0.2, 0.25) is 0 Å². The number of ether oxygens (including phenoxy) is 1. The van der Waals surface area contributed by atoms with E-state index in [1.54, 1.807) is 24.3 Å². The molecular weight excluding hydrogens is 376 g/mol. The van der Waals surface area contributed by atoms with Gasteiger partial charge >= 0.3 is 0 Å². The van der Waals surface area contributed by atoms with Gasteiger partial charge in [0.15, 0.2) is 6.10 Å². The van der Waals surface area contributed by atoms with Gasteiger partial charge in [-0.2, -0.15) is 0 Å². The summed E-state index contributed by atoms with van der Waals surface area (Å²) in [6.07, 6.45) is -0.673. The van der Waals surface area contributed by atoms with E-state index in [0.29, 0.717) is 11.4 Å². The van der Waals surface area contributed by atoms with E-state index in [2.05, 4.69) is 5.43 Å². The lowest BCUT2D eigenvalue weighted by molar-refractivity contribution is -0.128. The minimum Gasteiger partial charge on any atom is -0.479 e. The third kappa shape index (κ3) is 3.35. The van der Waals surface area contributed by atoms with Crippen LogP contribution in [0.3, 0.4) is 0 Å². The highest BCUT2D eigenvalue weighted by molar-refractivity contribution is 7.13. The summed E-state index contributed by atoms with van der Waals surface area (Å²) in [5.74, 6) is 4.98. The van der Waals surface area contributed by atoms with Crippen LogP contribution in [0.2, 0.25) is 0 Å². The van der Waals surface area contributed by atoms with Crippen LogP contribution in [-0.2, 0) is 9.59 Å². The third-order valence-corrected chi connectivity index (χ3v) is 5.34. The first-order chi connectivity index (χ1) is 13.6. The Morgan fingerprint density at radius 1 is 1.25 bits per heavy atom. The molecule has 1 atom stereocenters. The quantitative estimate of drug-likeness (QED) is 0.403. The number of amides is 2. The predicted molar refractivity (Wildman–Crippen MR) is 108 cm³/mol. The molecule has 2 heterocycles. The molecule has 2 aromatic carbocycles. The molecule has 1 unspecified atom stereocenters. The van der Waals surface area contributed by atoms with Crippen LogP contribution in [0.1, 0.15) is 6.92 Å². The van der Waals surface area contributed by atoms with Crippen molar-refractivity contribution in [3.8, 4) is 27.6 Å². The molecule has 2 amide bonds. The van der Waals surface area contributed by atoms with Crippen molar-refractivity contribution in [2.24, 2.45) is 5.84 Å². The van der Waals surface area contributed by atoms with Crippen molar-refractivity contribution < 1.29 is 14.3 Å². The fraction of sp³-hybridized carbons (Fsp3) is 0.150. The molecule has 0 spiro atoms. The molecule has 3 aromatic rings. The normalized spacial score (nSPS) is 15.7. The lowest BCUT2D eigenvalue weighted by atomic mass is 10.1. The Morgan fingerprint density at radius 2 is 2.04 bits per heavy atom. The van der Waals surface area contributed by atoms with Crippen LogP contribution >= 0.6 is 11.3 Å². The van der Waals surface area contributed by atoms with Gasteiger partial charge in [0, 0.05) is 16.5 Å². The SMILES string of the molecule is CC1Oc2ccc(-c3csc(-c4ccccc4)n3)cc2N(CC(=O)NN)C1=O. The summed E-state index contributed by atoms with van der Waals surface area (Å²) in [6.45, 7) is 1.48. The zero-order valence-electron chi connectivity index (χ0n) is 15.1. The average molecular weight is 394 g/mol. The van der Waals surface area contributed by atoms with Crippen LogP contribution in [0.25, 0.3) is 21.8 Å². The van der Waals surface area contributed by atoms with Crippen LogP contribution < -0.4 is 20.9 Å². The molecule has 0 bridgehead atoms. The van der Waals surface area contributed by atoms with Gasteiger partial charge in [0.1, 0.15) is 17.3 Å². The van der Waals surface area contributed by atoms with Crippen LogP contribution in [0.5, 0.6) is 5.75 Å². The summed E-state index contributed by atoms with van der Waals surface area (Å²) in [5.41, 5.74) is 5.26. The monoisotopic (exact) mass is 394 g/mol. The molecule has 0 radical (unpaired) electrons. The van der Waals surface area contributed by atoms with Gasteiger partial charge in [0.25, 0.3) is 11.8 Å². The van der Waals surface area contributed by atoms with Crippen molar-refractivity contribution in [2.45, 2.75) is 13.0 Å². The highest BCUT2D eigenvalue weighted by Crippen LogP contribution is 2.38. The largest absolute Gasteiger partial charge is 0.479 e. The number of thiazole rings is 1. The van der Waals surface area contributed by atoms with E-state index < -0.39 is 12.0 Å². The van der Waals surface area contributed by atoms with E-state index in [9.17, 15) is 9.59 Å². The molecule has 1 aromatic heterocycles. The van der Waals surface area contributed by atoms with Gasteiger partial charge in [0.05, 0.1) is 11.4 Å². The Labute approximate surface area is 165 Å². The summed E-state index contributed by atoms with van der Waals surface area (Å²) in [5, 5.41) is 2.88. The number of carbonyl (C=O) groups is 2. The lowest BCUT2D eigenvalue weighted by Gasteiger charge is -2.32. The third-order valence-electron chi connectivity index (χ3n) is 4.45. The number of fused-ring (bicyclic) bond motifs is 1.